The van der Waals surface area contributed by atoms with E-state index in [0.717, 1.165) is 17.9 Å². The third-order valence-corrected chi connectivity index (χ3v) is 3.95. The molecule has 66 valence electrons. The molecule has 1 spiro atoms. The zero-order chi connectivity index (χ0) is 8.77. The summed E-state index contributed by atoms with van der Waals surface area (Å²) in [5.74, 6) is 2.04. The van der Waals surface area contributed by atoms with Crippen molar-refractivity contribution in [2.45, 2.75) is 12.0 Å². The number of thiocarbonyl (C=S) groups is 1. The molecule has 2 fully saturated rings. The zero-order valence-corrected chi connectivity index (χ0v) is 8.43. The lowest BCUT2D eigenvalue weighted by atomic mass is 10.00. The van der Waals surface area contributed by atoms with Gasteiger partial charge in [-0.05, 0) is 24.4 Å². The van der Waals surface area contributed by atoms with Gasteiger partial charge in [0.1, 0.15) is 5.54 Å². The first-order valence-corrected chi connectivity index (χ1v) is 5.40. The van der Waals surface area contributed by atoms with E-state index in [0.29, 0.717) is 5.11 Å². The van der Waals surface area contributed by atoms with Gasteiger partial charge in [-0.3, -0.25) is 9.69 Å². The van der Waals surface area contributed by atoms with Crippen LogP contribution in [0.15, 0.2) is 0 Å². The Kier molecular flexibility index (Phi) is 1.80. The molecule has 2 saturated heterocycles. The molecule has 2 rings (SSSR count). The van der Waals surface area contributed by atoms with Gasteiger partial charge in [0, 0.05) is 12.8 Å². The van der Waals surface area contributed by atoms with Crippen molar-refractivity contribution < 1.29 is 4.79 Å². The predicted molar refractivity (Wildman–Crippen MR) is 53.2 cm³/mol. The molecular weight excluding hydrogens is 192 g/mol. The summed E-state index contributed by atoms with van der Waals surface area (Å²) >= 11 is 6.82. The summed E-state index contributed by atoms with van der Waals surface area (Å²) in [6, 6.07) is 0. The number of likely N-dealkylation sites (N-methyl/N-ethyl adjacent to an activating group) is 1. The van der Waals surface area contributed by atoms with Gasteiger partial charge >= 0.3 is 0 Å². The Balaban J connectivity index is 2.29. The van der Waals surface area contributed by atoms with Crippen LogP contribution >= 0.6 is 24.0 Å². The average molecular weight is 202 g/mol. The zero-order valence-electron chi connectivity index (χ0n) is 6.79. The third kappa shape index (κ3) is 0.959. The van der Waals surface area contributed by atoms with Crippen molar-refractivity contribution in [2.75, 3.05) is 18.6 Å². The molecule has 0 aliphatic carbocycles. The lowest BCUT2D eigenvalue weighted by molar-refractivity contribution is -0.129. The van der Waals surface area contributed by atoms with Crippen LogP contribution in [-0.2, 0) is 4.79 Å². The first kappa shape index (κ1) is 8.31. The number of nitrogens with zero attached hydrogens (tertiary/aromatic N) is 1. The summed E-state index contributed by atoms with van der Waals surface area (Å²) in [5.41, 5.74) is -0.351. The van der Waals surface area contributed by atoms with E-state index in [4.69, 9.17) is 12.2 Å². The molecule has 0 aromatic carbocycles. The van der Waals surface area contributed by atoms with E-state index in [9.17, 15) is 4.79 Å². The Morgan fingerprint density at radius 1 is 1.75 bits per heavy atom. The van der Waals surface area contributed by atoms with Gasteiger partial charge in [-0.15, -0.1) is 0 Å². The molecule has 1 N–H and O–H groups in total. The lowest BCUT2D eigenvalue weighted by Crippen LogP contribution is -2.46. The minimum absolute atomic E-state index is 0.137. The number of carbonyl (C=O) groups is 1. The Bertz CT molecular complexity index is 248. The molecule has 0 radical (unpaired) electrons. The summed E-state index contributed by atoms with van der Waals surface area (Å²) in [7, 11) is 1.73. The second-order valence-electron chi connectivity index (χ2n) is 3.18. The highest BCUT2D eigenvalue weighted by Crippen LogP contribution is 2.32. The molecule has 3 nitrogen and oxygen atoms in total. The SMILES string of the molecule is CN1C(=O)C2(CCSC2)NC1=S. The van der Waals surface area contributed by atoms with Crippen LogP contribution in [-0.4, -0.2) is 40.0 Å². The van der Waals surface area contributed by atoms with E-state index in [2.05, 4.69) is 5.32 Å². The van der Waals surface area contributed by atoms with Crippen LogP contribution in [0.4, 0.5) is 0 Å². The van der Waals surface area contributed by atoms with Crippen molar-refractivity contribution in [3.8, 4) is 0 Å². The van der Waals surface area contributed by atoms with Crippen molar-refractivity contribution >= 4 is 35.0 Å². The van der Waals surface area contributed by atoms with Crippen molar-refractivity contribution in [3.63, 3.8) is 0 Å². The first-order chi connectivity index (χ1) is 5.66. The van der Waals surface area contributed by atoms with Gasteiger partial charge in [-0.1, -0.05) is 0 Å². The summed E-state index contributed by atoms with van der Waals surface area (Å²) < 4.78 is 0. The highest BCUT2D eigenvalue weighted by Gasteiger charge is 2.49. The van der Waals surface area contributed by atoms with Crippen molar-refractivity contribution in [2.24, 2.45) is 0 Å². The molecule has 2 heterocycles. The maximum Gasteiger partial charge on any atom is 0.255 e. The second kappa shape index (κ2) is 2.60. The molecule has 1 atom stereocenters. The summed E-state index contributed by atoms with van der Waals surface area (Å²) in [6.07, 6.45) is 0.904. The van der Waals surface area contributed by atoms with Crippen molar-refractivity contribution in [3.05, 3.63) is 0 Å². The Morgan fingerprint density at radius 2 is 2.50 bits per heavy atom. The van der Waals surface area contributed by atoms with E-state index in [-0.39, 0.29) is 11.4 Å². The molecule has 2 aliphatic heterocycles. The molecule has 12 heavy (non-hydrogen) atoms. The molecule has 0 bridgehead atoms. The molecule has 0 aromatic heterocycles. The monoisotopic (exact) mass is 202 g/mol. The molecule has 1 amide bonds. The minimum Gasteiger partial charge on any atom is -0.347 e. The standard InChI is InChI=1S/C7H10N2OS2/c1-9-5(10)7(8-6(9)11)2-3-12-4-7/h2-4H2,1H3,(H,8,11). The maximum absolute atomic E-state index is 11.7. The van der Waals surface area contributed by atoms with E-state index in [1.165, 1.54) is 0 Å². The Hall–Kier alpha value is -0.290. The number of nitrogens with one attached hydrogen (secondary N) is 1. The number of thioether (sulfide) groups is 1. The van der Waals surface area contributed by atoms with Gasteiger partial charge < -0.3 is 5.32 Å². The van der Waals surface area contributed by atoms with Crippen LogP contribution in [0, 0.1) is 0 Å². The molecule has 2 aliphatic rings. The van der Waals surface area contributed by atoms with E-state index >= 15 is 0 Å². The number of hydrogen-bond donors (Lipinski definition) is 1. The number of hydrogen-bond acceptors (Lipinski definition) is 3. The average Bonchev–Trinajstić information content (AvgIpc) is 2.57. The van der Waals surface area contributed by atoms with Crippen molar-refractivity contribution in [1.29, 1.82) is 0 Å². The summed E-state index contributed by atoms with van der Waals surface area (Å²) in [6.45, 7) is 0. The van der Waals surface area contributed by atoms with Gasteiger partial charge in [-0.25, -0.2) is 0 Å². The molecule has 0 saturated carbocycles. The predicted octanol–water partition coefficient (Wildman–Crippen LogP) is 0.209. The van der Waals surface area contributed by atoms with Crippen LogP contribution in [0.2, 0.25) is 0 Å². The number of amides is 1. The lowest BCUT2D eigenvalue weighted by Gasteiger charge is -2.18. The summed E-state index contributed by atoms with van der Waals surface area (Å²) in [4.78, 5) is 13.2. The maximum atomic E-state index is 11.7. The molecule has 0 aromatic rings. The summed E-state index contributed by atoms with van der Waals surface area (Å²) in [5, 5.41) is 3.69. The molecule has 1 unspecified atom stereocenters. The van der Waals surface area contributed by atoms with Gasteiger partial charge in [0.2, 0.25) is 0 Å². The molecular formula is C7H10N2OS2. The van der Waals surface area contributed by atoms with E-state index < -0.39 is 0 Å². The van der Waals surface area contributed by atoms with Crippen LogP contribution in [0.5, 0.6) is 0 Å². The van der Waals surface area contributed by atoms with Gasteiger partial charge in [0.25, 0.3) is 5.91 Å². The third-order valence-electron chi connectivity index (χ3n) is 2.39. The smallest absolute Gasteiger partial charge is 0.255 e. The van der Waals surface area contributed by atoms with Gasteiger partial charge in [0.15, 0.2) is 5.11 Å². The highest BCUT2D eigenvalue weighted by molar-refractivity contribution is 7.99. The largest absolute Gasteiger partial charge is 0.347 e. The number of carbonyl (C=O) groups excluding carboxylic acids is 1. The fraction of sp³-hybridized carbons (Fsp3) is 0.714. The number of rotatable bonds is 0. The van der Waals surface area contributed by atoms with Gasteiger partial charge in [-0.2, -0.15) is 11.8 Å². The Labute approximate surface area is 80.9 Å². The quantitative estimate of drug-likeness (QED) is 0.569. The minimum atomic E-state index is -0.351. The van der Waals surface area contributed by atoms with Crippen LogP contribution < -0.4 is 5.32 Å². The normalized spacial score (nSPS) is 34.9. The van der Waals surface area contributed by atoms with Gasteiger partial charge in [0.05, 0.1) is 0 Å². The van der Waals surface area contributed by atoms with Crippen LogP contribution in [0.25, 0.3) is 0 Å². The van der Waals surface area contributed by atoms with Crippen LogP contribution in [0.3, 0.4) is 0 Å². The Morgan fingerprint density at radius 3 is 2.92 bits per heavy atom. The fourth-order valence-electron chi connectivity index (χ4n) is 1.59. The van der Waals surface area contributed by atoms with E-state index in [1.54, 1.807) is 11.9 Å². The highest BCUT2D eigenvalue weighted by atomic mass is 32.2. The van der Waals surface area contributed by atoms with Crippen molar-refractivity contribution in [1.82, 2.24) is 10.2 Å². The topological polar surface area (TPSA) is 32.3 Å². The first-order valence-electron chi connectivity index (χ1n) is 3.84. The fourth-order valence-corrected chi connectivity index (χ4v) is 3.19. The van der Waals surface area contributed by atoms with E-state index in [1.807, 2.05) is 11.8 Å². The molecule has 5 heteroatoms. The second-order valence-corrected chi connectivity index (χ2v) is 4.67. The van der Waals surface area contributed by atoms with Crippen LogP contribution in [0.1, 0.15) is 6.42 Å².